The lowest BCUT2D eigenvalue weighted by Crippen LogP contribution is -2.37. The van der Waals surface area contributed by atoms with Crippen molar-refractivity contribution in [2.45, 2.75) is 26.4 Å². The Morgan fingerprint density at radius 3 is 2.65 bits per heavy atom. The van der Waals surface area contributed by atoms with Crippen LogP contribution in [0.1, 0.15) is 28.8 Å². The highest BCUT2D eigenvalue weighted by Gasteiger charge is 2.19. The number of rotatable bonds is 9. The maximum absolute atomic E-state index is 11.0. The first-order valence-corrected chi connectivity index (χ1v) is 6.54. The van der Waals surface area contributed by atoms with E-state index in [1.165, 1.54) is 0 Å². The fourth-order valence-corrected chi connectivity index (χ4v) is 2.05. The van der Waals surface area contributed by atoms with Crippen LogP contribution in [0.25, 0.3) is 0 Å². The summed E-state index contributed by atoms with van der Waals surface area (Å²) < 4.78 is 15.7. The van der Waals surface area contributed by atoms with Crippen molar-refractivity contribution in [3.8, 4) is 0 Å². The zero-order chi connectivity index (χ0) is 15.1. The summed E-state index contributed by atoms with van der Waals surface area (Å²) in [5.41, 5.74) is 0.638. The molecule has 0 radical (unpaired) electrons. The number of carboxylic acids is 1. The average molecular weight is 285 g/mol. The van der Waals surface area contributed by atoms with Crippen LogP contribution in [0.3, 0.4) is 0 Å². The van der Waals surface area contributed by atoms with E-state index in [-0.39, 0.29) is 11.8 Å². The monoisotopic (exact) mass is 285 g/mol. The first kappa shape index (κ1) is 16.7. The molecule has 6 nitrogen and oxygen atoms in total. The molecule has 0 fully saturated rings. The van der Waals surface area contributed by atoms with Gasteiger partial charge in [0.1, 0.15) is 5.76 Å². The third-order valence-electron chi connectivity index (χ3n) is 3.14. The number of methoxy groups -OCH3 is 2. The summed E-state index contributed by atoms with van der Waals surface area (Å²) in [5.74, 6) is -0.396. The maximum atomic E-state index is 11.0. The summed E-state index contributed by atoms with van der Waals surface area (Å²) in [6, 6.07) is 1.96. The molecule has 20 heavy (non-hydrogen) atoms. The van der Waals surface area contributed by atoms with E-state index in [9.17, 15) is 4.79 Å². The second kappa shape index (κ2) is 8.04. The van der Waals surface area contributed by atoms with Gasteiger partial charge in [-0.2, -0.15) is 0 Å². The molecule has 0 aromatic carbocycles. The Labute approximate surface area is 119 Å². The van der Waals surface area contributed by atoms with Gasteiger partial charge in [-0.1, -0.05) is 0 Å². The highest BCUT2D eigenvalue weighted by molar-refractivity contribution is 5.86. The first-order chi connectivity index (χ1) is 9.49. The van der Waals surface area contributed by atoms with E-state index in [0.29, 0.717) is 31.1 Å². The summed E-state index contributed by atoms with van der Waals surface area (Å²) in [5, 5.41) is 9.00. The highest BCUT2D eigenvalue weighted by atomic mass is 16.5. The fraction of sp³-hybridized carbons (Fsp3) is 0.643. The topological polar surface area (TPSA) is 72.1 Å². The molecule has 0 aliphatic carbocycles. The van der Waals surface area contributed by atoms with E-state index in [4.69, 9.17) is 19.0 Å². The van der Waals surface area contributed by atoms with E-state index >= 15 is 0 Å². The van der Waals surface area contributed by atoms with Crippen LogP contribution in [0.4, 0.5) is 0 Å². The van der Waals surface area contributed by atoms with Crippen LogP contribution >= 0.6 is 0 Å². The largest absolute Gasteiger partial charge is 0.475 e. The molecule has 0 saturated heterocycles. The van der Waals surface area contributed by atoms with Gasteiger partial charge < -0.3 is 19.0 Å². The Bertz CT molecular complexity index is 429. The van der Waals surface area contributed by atoms with Crippen molar-refractivity contribution in [2.24, 2.45) is 0 Å². The minimum absolute atomic E-state index is 0.00564. The molecule has 1 unspecified atom stereocenters. The van der Waals surface area contributed by atoms with E-state index in [1.807, 2.05) is 6.92 Å². The lowest BCUT2D eigenvalue weighted by atomic mass is 10.2. The zero-order valence-corrected chi connectivity index (χ0v) is 12.5. The molecule has 0 spiro atoms. The summed E-state index contributed by atoms with van der Waals surface area (Å²) in [4.78, 5) is 13.1. The van der Waals surface area contributed by atoms with Crippen LogP contribution < -0.4 is 0 Å². The predicted octanol–water partition coefficient (Wildman–Crippen LogP) is 1.77. The summed E-state index contributed by atoms with van der Waals surface area (Å²) in [7, 11) is 3.31. The van der Waals surface area contributed by atoms with Gasteiger partial charge in [-0.15, -0.1) is 0 Å². The van der Waals surface area contributed by atoms with E-state index in [2.05, 4.69) is 4.90 Å². The van der Waals surface area contributed by atoms with Crippen molar-refractivity contribution in [1.82, 2.24) is 4.90 Å². The van der Waals surface area contributed by atoms with Gasteiger partial charge in [-0.05, 0) is 19.9 Å². The molecular weight excluding hydrogens is 262 g/mol. The van der Waals surface area contributed by atoms with Crippen LogP contribution in [-0.4, -0.2) is 56.0 Å². The molecular formula is C14H23NO5. The number of ether oxygens (including phenoxy) is 2. The molecule has 1 N–H and O–H groups in total. The standard InChI is InChI=1S/C14H23NO5/c1-10-7-12(20-13(10)14(16)17)8-15(5-6-18-3)11(2)9-19-4/h7,11H,5-6,8-9H2,1-4H3,(H,16,17). The molecule has 1 rings (SSSR count). The fourth-order valence-electron chi connectivity index (χ4n) is 2.05. The maximum Gasteiger partial charge on any atom is 0.372 e. The van der Waals surface area contributed by atoms with Crippen molar-refractivity contribution < 1.29 is 23.8 Å². The number of carboxylic acid groups (broad SMARTS) is 1. The van der Waals surface area contributed by atoms with Crippen molar-refractivity contribution in [2.75, 3.05) is 34.0 Å². The van der Waals surface area contributed by atoms with Gasteiger partial charge in [0, 0.05) is 32.4 Å². The molecule has 1 aromatic heterocycles. The van der Waals surface area contributed by atoms with Gasteiger partial charge in [0.15, 0.2) is 0 Å². The number of hydrogen-bond acceptors (Lipinski definition) is 5. The van der Waals surface area contributed by atoms with Gasteiger partial charge >= 0.3 is 5.97 Å². The SMILES string of the molecule is COCCN(Cc1cc(C)c(C(=O)O)o1)C(C)COC. The van der Waals surface area contributed by atoms with Gasteiger partial charge in [0.05, 0.1) is 19.8 Å². The summed E-state index contributed by atoms with van der Waals surface area (Å²) in [6.45, 7) is 6.22. The van der Waals surface area contributed by atoms with Gasteiger partial charge in [0.25, 0.3) is 0 Å². The van der Waals surface area contributed by atoms with Crippen LogP contribution in [-0.2, 0) is 16.0 Å². The normalized spacial score (nSPS) is 12.8. The van der Waals surface area contributed by atoms with E-state index in [1.54, 1.807) is 27.2 Å². The number of furan rings is 1. The molecule has 0 bridgehead atoms. The Balaban J connectivity index is 2.77. The molecule has 0 aliphatic heterocycles. The van der Waals surface area contributed by atoms with Crippen LogP contribution in [0, 0.1) is 6.92 Å². The van der Waals surface area contributed by atoms with Crippen molar-refractivity contribution >= 4 is 5.97 Å². The van der Waals surface area contributed by atoms with Crippen LogP contribution in [0.5, 0.6) is 0 Å². The number of aromatic carboxylic acids is 1. The molecule has 114 valence electrons. The second-order valence-corrected chi connectivity index (χ2v) is 4.80. The van der Waals surface area contributed by atoms with Crippen molar-refractivity contribution in [1.29, 1.82) is 0 Å². The minimum atomic E-state index is -1.04. The lowest BCUT2D eigenvalue weighted by molar-refractivity contribution is 0.0614. The van der Waals surface area contributed by atoms with E-state index < -0.39 is 5.97 Å². The Morgan fingerprint density at radius 2 is 2.15 bits per heavy atom. The molecule has 6 heteroatoms. The number of carbonyl (C=O) groups is 1. The third kappa shape index (κ3) is 4.63. The summed E-state index contributed by atoms with van der Waals surface area (Å²) in [6.07, 6.45) is 0. The van der Waals surface area contributed by atoms with Gasteiger partial charge in [-0.25, -0.2) is 4.79 Å². The van der Waals surface area contributed by atoms with Crippen LogP contribution in [0.2, 0.25) is 0 Å². The van der Waals surface area contributed by atoms with Gasteiger partial charge in [0.2, 0.25) is 5.76 Å². The Hall–Kier alpha value is -1.37. The van der Waals surface area contributed by atoms with Gasteiger partial charge in [-0.3, -0.25) is 4.90 Å². The lowest BCUT2D eigenvalue weighted by Gasteiger charge is -2.27. The highest BCUT2D eigenvalue weighted by Crippen LogP contribution is 2.17. The number of hydrogen-bond donors (Lipinski definition) is 1. The van der Waals surface area contributed by atoms with Crippen LogP contribution in [0.15, 0.2) is 10.5 Å². The quantitative estimate of drug-likeness (QED) is 0.745. The third-order valence-corrected chi connectivity index (χ3v) is 3.14. The first-order valence-electron chi connectivity index (χ1n) is 6.54. The number of nitrogens with zero attached hydrogens (tertiary/aromatic N) is 1. The Kier molecular flexibility index (Phi) is 6.70. The van der Waals surface area contributed by atoms with Crippen molar-refractivity contribution in [3.63, 3.8) is 0 Å². The molecule has 0 amide bonds. The molecule has 0 aliphatic rings. The smallest absolute Gasteiger partial charge is 0.372 e. The molecule has 1 atom stereocenters. The predicted molar refractivity (Wildman–Crippen MR) is 74.0 cm³/mol. The molecule has 0 saturated carbocycles. The number of aryl methyl sites for hydroxylation is 1. The Morgan fingerprint density at radius 1 is 1.45 bits per heavy atom. The molecule has 1 aromatic rings. The second-order valence-electron chi connectivity index (χ2n) is 4.80. The summed E-state index contributed by atoms with van der Waals surface area (Å²) >= 11 is 0. The van der Waals surface area contributed by atoms with Crippen molar-refractivity contribution in [3.05, 3.63) is 23.2 Å². The average Bonchev–Trinajstić information content (AvgIpc) is 2.76. The zero-order valence-electron chi connectivity index (χ0n) is 12.5. The minimum Gasteiger partial charge on any atom is -0.475 e. The molecule has 1 heterocycles. The van der Waals surface area contributed by atoms with E-state index in [0.717, 1.165) is 6.54 Å².